The van der Waals surface area contributed by atoms with Gasteiger partial charge in [-0.25, -0.2) is 0 Å². The molecule has 1 atom stereocenters. The van der Waals surface area contributed by atoms with Gasteiger partial charge in [-0.05, 0) is 23.8 Å². The van der Waals surface area contributed by atoms with Crippen molar-refractivity contribution < 1.29 is 13.2 Å². The van der Waals surface area contributed by atoms with Gasteiger partial charge in [0.15, 0.2) is 0 Å². The number of alkyl halides is 3. The Morgan fingerprint density at radius 3 is 2.32 bits per heavy atom. The van der Waals surface area contributed by atoms with Gasteiger partial charge < -0.3 is 5.73 Å². The van der Waals surface area contributed by atoms with E-state index < -0.39 is 17.8 Å². The van der Waals surface area contributed by atoms with Crippen molar-refractivity contribution in [3.05, 3.63) is 63.9 Å². The molecule has 2 rings (SSSR count). The third-order valence-electron chi connectivity index (χ3n) is 2.72. The van der Waals surface area contributed by atoms with E-state index in [9.17, 15) is 13.2 Å². The molecule has 100 valence electrons. The summed E-state index contributed by atoms with van der Waals surface area (Å²) in [6, 6.07) is 6.91. The minimum absolute atomic E-state index is 0.0303. The largest absolute Gasteiger partial charge is 0.416 e. The molecule has 1 aromatic carbocycles. The zero-order valence-corrected chi connectivity index (χ0v) is 11.2. The Balaban J connectivity index is 2.44. The summed E-state index contributed by atoms with van der Waals surface area (Å²) in [5, 5.41) is 0. The Morgan fingerprint density at radius 1 is 1.11 bits per heavy atom. The van der Waals surface area contributed by atoms with Crippen molar-refractivity contribution in [3.8, 4) is 0 Å². The summed E-state index contributed by atoms with van der Waals surface area (Å²) in [7, 11) is 0. The topological polar surface area (TPSA) is 38.9 Å². The van der Waals surface area contributed by atoms with Crippen LogP contribution in [-0.4, -0.2) is 4.98 Å². The summed E-state index contributed by atoms with van der Waals surface area (Å²) in [6.45, 7) is 0. The molecule has 2 nitrogen and oxygen atoms in total. The van der Waals surface area contributed by atoms with E-state index in [0.717, 1.165) is 22.9 Å². The SMILES string of the molecule is NC(c1ccc(Br)cc1)c1cnccc1C(F)(F)F. The van der Waals surface area contributed by atoms with E-state index in [-0.39, 0.29) is 5.56 Å². The molecule has 2 N–H and O–H groups in total. The molecule has 1 unspecified atom stereocenters. The monoisotopic (exact) mass is 330 g/mol. The zero-order chi connectivity index (χ0) is 14.0. The Morgan fingerprint density at radius 2 is 1.74 bits per heavy atom. The van der Waals surface area contributed by atoms with E-state index in [1.165, 1.54) is 0 Å². The highest BCUT2D eigenvalue weighted by atomic mass is 79.9. The van der Waals surface area contributed by atoms with Crippen LogP contribution >= 0.6 is 15.9 Å². The van der Waals surface area contributed by atoms with Gasteiger partial charge in [0.1, 0.15) is 0 Å². The number of halogens is 4. The van der Waals surface area contributed by atoms with Crippen molar-refractivity contribution >= 4 is 15.9 Å². The minimum atomic E-state index is -4.44. The normalized spacial score (nSPS) is 13.3. The van der Waals surface area contributed by atoms with Crippen LogP contribution in [0.25, 0.3) is 0 Å². The fraction of sp³-hybridized carbons (Fsp3) is 0.154. The molecule has 0 saturated carbocycles. The van der Waals surface area contributed by atoms with E-state index in [2.05, 4.69) is 20.9 Å². The van der Waals surface area contributed by atoms with Crippen LogP contribution in [0, 0.1) is 0 Å². The highest BCUT2D eigenvalue weighted by Gasteiger charge is 2.34. The van der Waals surface area contributed by atoms with Crippen molar-refractivity contribution in [3.63, 3.8) is 0 Å². The molecule has 1 heterocycles. The quantitative estimate of drug-likeness (QED) is 0.906. The first-order valence-corrected chi connectivity index (χ1v) is 6.21. The summed E-state index contributed by atoms with van der Waals surface area (Å²) in [5.74, 6) is 0. The number of pyridine rings is 1. The Hall–Kier alpha value is -1.40. The molecule has 0 aliphatic rings. The van der Waals surface area contributed by atoms with E-state index in [1.54, 1.807) is 24.3 Å². The molecule has 0 aliphatic heterocycles. The predicted molar refractivity (Wildman–Crippen MR) is 69.4 cm³/mol. The third-order valence-corrected chi connectivity index (χ3v) is 3.25. The van der Waals surface area contributed by atoms with E-state index in [4.69, 9.17) is 5.73 Å². The van der Waals surface area contributed by atoms with Crippen molar-refractivity contribution in [2.24, 2.45) is 5.73 Å². The molecule has 0 spiro atoms. The van der Waals surface area contributed by atoms with Crippen LogP contribution in [0.5, 0.6) is 0 Å². The molecule has 0 bridgehead atoms. The lowest BCUT2D eigenvalue weighted by atomic mass is 9.97. The van der Waals surface area contributed by atoms with Crippen molar-refractivity contribution in [1.82, 2.24) is 4.98 Å². The lowest BCUT2D eigenvalue weighted by molar-refractivity contribution is -0.138. The van der Waals surface area contributed by atoms with Gasteiger partial charge in [0.05, 0.1) is 11.6 Å². The first-order valence-electron chi connectivity index (χ1n) is 5.42. The lowest BCUT2D eigenvalue weighted by Gasteiger charge is -2.18. The van der Waals surface area contributed by atoms with E-state index in [1.807, 2.05) is 0 Å². The van der Waals surface area contributed by atoms with Crippen LogP contribution < -0.4 is 5.73 Å². The molecule has 0 aliphatic carbocycles. The summed E-state index contributed by atoms with van der Waals surface area (Å²) < 4.78 is 39.5. The molecular weight excluding hydrogens is 321 g/mol. The molecule has 2 aromatic rings. The smallest absolute Gasteiger partial charge is 0.320 e. The van der Waals surface area contributed by atoms with Gasteiger partial charge in [0, 0.05) is 22.4 Å². The van der Waals surface area contributed by atoms with Crippen LogP contribution in [0.4, 0.5) is 13.2 Å². The first-order chi connectivity index (χ1) is 8.89. The summed E-state index contributed by atoms with van der Waals surface area (Å²) >= 11 is 3.26. The predicted octanol–water partition coefficient (Wildman–Crippen LogP) is 3.91. The molecule has 6 heteroatoms. The first kappa shape index (κ1) is 14.0. The Bertz CT molecular complexity index is 567. The molecule has 1 aromatic heterocycles. The Labute approximate surface area is 116 Å². The number of benzene rings is 1. The van der Waals surface area contributed by atoms with Gasteiger partial charge in [0.2, 0.25) is 0 Å². The third kappa shape index (κ3) is 3.13. The highest BCUT2D eigenvalue weighted by molar-refractivity contribution is 9.10. The van der Waals surface area contributed by atoms with Crippen molar-refractivity contribution in [2.75, 3.05) is 0 Å². The van der Waals surface area contributed by atoms with Gasteiger partial charge in [-0.15, -0.1) is 0 Å². The average Bonchev–Trinajstić information content (AvgIpc) is 2.38. The maximum absolute atomic E-state index is 12.9. The molecule has 0 fully saturated rings. The van der Waals surface area contributed by atoms with E-state index in [0.29, 0.717) is 5.56 Å². The van der Waals surface area contributed by atoms with Gasteiger partial charge >= 0.3 is 6.18 Å². The summed E-state index contributed by atoms with van der Waals surface area (Å²) in [6.07, 6.45) is -2.17. The second-order valence-corrected chi connectivity index (χ2v) is 4.91. The molecular formula is C13H10BrF3N2. The van der Waals surface area contributed by atoms with Crippen LogP contribution in [0.1, 0.15) is 22.7 Å². The second kappa shape index (κ2) is 5.30. The van der Waals surface area contributed by atoms with Crippen LogP contribution in [0.15, 0.2) is 47.2 Å². The van der Waals surface area contributed by atoms with Crippen molar-refractivity contribution in [1.29, 1.82) is 0 Å². The van der Waals surface area contributed by atoms with Crippen molar-refractivity contribution in [2.45, 2.75) is 12.2 Å². The standard InChI is InChI=1S/C13H10BrF3N2/c14-9-3-1-8(2-4-9)12(18)10-7-19-6-5-11(10)13(15,16)17/h1-7,12H,18H2. The number of nitrogens with two attached hydrogens (primary N) is 1. The Kier molecular flexibility index (Phi) is 3.91. The van der Waals surface area contributed by atoms with Gasteiger partial charge in [-0.1, -0.05) is 28.1 Å². The summed E-state index contributed by atoms with van der Waals surface area (Å²) in [4.78, 5) is 3.73. The molecule has 0 saturated heterocycles. The van der Waals surface area contributed by atoms with Crippen LogP contribution in [-0.2, 0) is 6.18 Å². The molecule has 0 amide bonds. The number of nitrogens with zero attached hydrogens (tertiary/aromatic N) is 1. The van der Waals surface area contributed by atoms with E-state index >= 15 is 0 Å². The number of hydrogen-bond acceptors (Lipinski definition) is 2. The van der Waals surface area contributed by atoms with Gasteiger partial charge in [0.25, 0.3) is 0 Å². The fourth-order valence-electron chi connectivity index (χ4n) is 1.76. The number of rotatable bonds is 2. The summed E-state index contributed by atoms with van der Waals surface area (Å²) in [5.41, 5.74) is 5.73. The maximum atomic E-state index is 12.9. The molecule has 19 heavy (non-hydrogen) atoms. The number of aromatic nitrogens is 1. The second-order valence-electron chi connectivity index (χ2n) is 3.99. The van der Waals surface area contributed by atoms with Crippen LogP contribution in [0.3, 0.4) is 0 Å². The van der Waals surface area contributed by atoms with Gasteiger partial charge in [-0.2, -0.15) is 13.2 Å². The number of hydrogen-bond donors (Lipinski definition) is 1. The molecule has 0 radical (unpaired) electrons. The maximum Gasteiger partial charge on any atom is 0.416 e. The zero-order valence-electron chi connectivity index (χ0n) is 9.66. The highest BCUT2D eigenvalue weighted by Crippen LogP contribution is 2.35. The lowest BCUT2D eigenvalue weighted by Crippen LogP contribution is -2.18. The fourth-order valence-corrected chi connectivity index (χ4v) is 2.03. The van der Waals surface area contributed by atoms with Gasteiger partial charge in [-0.3, -0.25) is 4.98 Å². The minimum Gasteiger partial charge on any atom is -0.320 e. The average molecular weight is 331 g/mol. The van der Waals surface area contributed by atoms with Crippen LogP contribution in [0.2, 0.25) is 0 Å².